The number of esters is 1. The van der Waals surface area contributed by atoms with Gasteiger partial charge in [-0.2, -0.15) is 0 Å². The molecule has 0 spiro atoms. The van der Waals surface area contributed by atoms with Gasteiger partial charge in [0.1, 0.15) is 0 Å². The lowest BCUT2D eigenvalue weighted by atomic mass is 9.89. The molecule has 1 saturated heterocycles. The third-order valence-electron chi connectivity index (χ3n) is 3.22. The van der Waals surface area contributed by atoms with Gasteiger partial charge in [-0.1, -0.05) is 11.3 Å². The summed E-state index contributed by atoms with van der Waals surface area (Å²) >= 11 is 1.26. The van der Waals surface area contributed by atoms with Gasteiger partial charge in [0.05, 0.1) is 16.0 Å². The molecule has 0 bridgehead atoms. The maximum atomic E-state index is 10.8. The summed E-state index contributed by atoms with van der Waals surface area (Å²) in [6, 6.07) is 0. The predicted molar refractivity (Wildman–Crippen MR) is 69.1 cm³/mol. The van der Waals surface area contributed by atoms with Crippen LogP contribution in [0.1, 0.15) is 34.6 Å². The molecule has 0 unspecified atom stereocenters. The van der Waals surface area contributed by atoms with Crippen molar-refractivity contribution < 1.29 is 18.8 Å². The summed E-state index contributed by atoms with van der Waals surface area (Å²) in [5.41, 5.74) is -0.771. The van der Waals surface area contributed by atoms with Crippen LogP contribution in [0.5, 0.6) is 5.19 Å². The topological polar surface area (TPSA) is 57.7 Å². The molecule has 1 aliphatic rings. The summed E-state index contributed by atoms with van der Waals surface area (Å²) in [4.78, 5) is 14.8. The number of thiazole rings is 1. The van der Waals surface area contributed by atoms with Crippen molar-refractivity contribution in [2.45, 2.75) is 45.8 Å². The average molecular weight is 269 g/mol. The smallest absolute Gasteiger partial charge is 0.399 e. The summed E-state index contributed by atoms with van der Waals surface area (Å²) in [5, 5.41) is 0.312. The molecular weight excluding hydrogens is 253 g/mol. The maximum absolute atomic E-state index is 10.8. The molecule has 5 nitrogen and oxygen atoms in total. The molecule has 1 aliphatic heterocycles. The van der Waals surface area contributed by atoms with Gasteiger partial charge < -0.3 is 14.0 Å². The summed E-state index contributed by atoms with van der Waals surface area (Å²) in [6.45, 7) is 9.29. The SMILES string of the molecule is CC(=O)Oc1ncc(B2OC(C)(C)C(C)(C)O2)s1. The molecule has 0 N–H and O–H groups in total. The number of carbonyl (C=O) groups excluding carboxylic acids is 1. The lowest BCUT2D eigenvalue weighted by Gasteiger charge is -2.32. The van der Waals surface area contributed by atoms with Gasteiger partial charge in [0.25, 0.3) is 5.19 Å². The number of ether oxygens (including phenoxy) is 1. The van der Waals surface area contributed by atoms with Crippen LogP contribution in [0.4, 0.5) is 0 Å². The first kappa shape index (κ1) is 13.5. The Morgan fingerprint density at radius 2 is 1.89 bits per heavy atom. The van der Waals surface area contributed by atoms with Crippen LogP contribution >= 0.6 is 11.3 Å². The van der Waals surface area contributed by atoms with E-state index in [9.17, 15) is 4.79 Å². The van der Waals surface area contributed by atoms with Crippen molar-refractivity contribution in [2.75, 3.05) is 0 Å². The van der Waals surface area contributed by atoms with E-state index >= 15 is 0 Å². The highest BCUT2D eigenvalue weighted by atomic mass is 32.1. The Morgan fingerprint density at radius 3 is 2.39 bits per heavy atom. The molecule has 0 aliphatic carbocycles. The highest BCUT2D eigenvalue weighted by molar-refractivity contribution is 7.23. The fraction of sp³-hybridized carbons (Fsp3) is 0.636. The van der Waals surface area contributed by atoms with E-state index in [1.807, 2.05) is 27.7 Å². The van der Waals surface area contributed by atoms with E-state index in [0.29, 0.717) is 5.19 Å². The standard InChI is InChI=1S/C11H16BNO4S/c1-7(14)15-9-13-6-8(18-9)12-16-10(2,3)11(4,5)17-12/h6H,1-5H3. The van der Waals surface area contributed by atoms with Crippen molar-refractivity contribution in [3.63, 3.8) is 0 Å². The van der Waals surface area contributed by atoms with Crippen LogP contribution in [0.2, 0.25) is 0 Å². The quantitative estimate of drug-likeness (QED) is 0.599. The summed E-state index contributed by atoms with van der Waals surface area (Å²) in [6.07, 6.45) is 1.62. The van der Waals surface area contributed by atoms with E-state index in [2.05, 4.69) is 4.98 Å². The zero-order valence-corrected chi connectivity index (χ0v) is 12.0. The molecule has 1 aromatic heterocycles. The number of rotatable bonds is 2. The zero-order valence-electron chi connectivity index (χ0n) is 11.1. The minimum atomic E-state index is -0.461. The van der Waals surface area contributed by atoms with Gasteiger partial charge in [-0.05, 0) is 27.7 Å². The van der Waals surface area contributed by atoms with Crippen LogP contribution in [0, 0.1) is 0 Å². The molecule has 7 heteroatoms. The Morgan fingerprint density at radius 1 is 1.33 bits per heavy atom. The van der Waals surface area contributed by atoms with Crippen molar-refractivity contribution in [1.29, 1.82) is 0 Å². The number of nitrogens with zero attached hydrogens (tertiary/aromatic N) is 1. The van der Waals surface area contributed by atoms with Gasteiger partial charge in [-0.15, -0.1) is 0 Å². The highest BCUT2D eigenvalue weighted by Gasteiger charge is 2.52. The second kappa shape index (κ2) is 4.33. The molecule has 0 amide bonds. The van der Waals surface area contributed by atoms with Gasteiger partial charge in [0.15, 0.2) is 0 Å². The Kier molecular flexibility index (Phi) is 3.25. The zero-order chi connectivity index (χ0) is 13.6. The first-order chi connectivity index (χ1) is 8.21. The molecule has 2 heterocycles. The molecular formula is C11H16BNO4S. The van der Waals surface area contributed by atoms with E-state index in [1.165, 1.54) is 18.3 Å². The Balaban J connectivity index is 2.15. The van der Waals surface area contributed by atoms with Crippen LogP contribution < -0.4 is 9.51 Å². The normalized spacial score (nSPS) is 21.1. The van der Waals surface area contributed by atoms with Crippen molar-refractivity contribution >= 4 is 29.2 Å². The third-order valence-corrected chi connectivity index (χ3v) is 4.12. The monoisotopic (exact) mass is 269 g/mol. The molecule has 1 fully saturated rings. The van der Waals surface area contributed by atoms with Gasteiger partial charge in [0, 0.05) is 13.1 Å². The molecule has 0 atom stereocenters. The summed E-state index contributed by atoms with van der Waals surface area (Å²) in [7, 11) is -0.461. The lowest BCUT2D eigenvalue weighted by molar-refractivity contribution is -0.131. The van der Waals surface area contributed by atoms with E-state index < -0.39 is 7.12 Å². The van der Waals surface area contributed by atoms with Gasteiger partial charge in [-0.25, -0.2) is 4.98 Å². The first-order valence-electron chi connectivity index (χ1n) is 5.71. The van der Waals surface area contributed by atoms with Crippen molar-refractivity contribution in [3.8, 4) is 5.19 Å². The second-order valence-electron chi connectivity index (χ2n) is 5.21. The van der Waals surface area contributed by atoms with Gasteiger partial charge in [-0.3, -0.25) is 4.79 Å². The molecule has 98 valence electrons. The van der Waals surface area contributed by atoms with Crippen LogP contribution in [0.25, 0.3) is 0 Å². The number of hydrogen-bond donors (Lipinski definition) is 0. The van der Waals surface area contributed by atoms with E-state index in [0.717, 1.165) is 4.78 Å². The molecule has 1 aromatic rings. The van der Waals surface area contributed by atoms with E-state index in [1.54, 1.807) is 6.20 Å². The van der Waals surface area contributed by atoms with Crippen LogP contribution in [-0.4, -0.2) is 29.3 Å². The molecule has 18 heavy (non-hydrogen) atoms. The minimum Gasteiger partial charge on any atom is -0.399 e. The third kappa shape index (κ3) is 2.43. The summed E-state index contributed by atoms with van der Waals surface area (Å²) in [5.74, 6) is -0.384. The van der Waals surface area contributed by atoms with Crippen LogP contribution in [0.3, 0.4) is 0 Å². The number of hydrogen-bond acceptors (Lipinski definition) is 6. The van der Waals surface area contributed by atoms with Crippen LogP contribution in [-0.2, 0) is 14.1 Å². The average Bonchev–Trinajstić information content (AvgIpc) is 2.70. The number of carbonyl (C=O) groups is 1. The van der Waals surface area contributed by atoms with Gasteiger partial charge >= 0.3 is 13.1 Å². The molecule has 0 aromatic carbocycles. The second-order valence-corrected chi connectivity index (χ2v) is 6.24. The van der Waals surface area contributed by atoms with E-state index in [4.69, 9.17) is 14.0 Å². The first-order valence-corrected chi connectivity index (χ1v) is 6.53. The maximum Gasteiger partial charge on any atom is 0.507 e. The summed E-state index contributed by atoms with van der Waals surface area (Å²) < 4.78 is 17.5. The molecule has 0 radical (unpaired) electrons. The Bertz CT molecular complexity index is 455. The Hall–Kier alpha value is -0.915. The number of aromatic nitrogens is 1. The van der Waals surface area contributed by atoms with Crippen LogP contribution in [0.15, 0.2) is 6.20 Å². The lowest BCUT2D eigenvalue weighted by Crippen LogP contribution is -2.41. The predicted octanol–water partition coefficient (Wildman–Crippen LogP) is 1.37. The molecule has 2 rings (SSSR count). The van der Waals surface area contributed by atoms with Crippen molar-refractivity contribution in [1.82, 2.24) is 4.98 Å². The largest absolute Gasteiger partial charge is 0.507 e. The molecule has 0 saturated carbocycles. The van der Waals surface area contributed by atoms with E-state index in [-0.39, 0.29) is 17.2 Å². The fourth-order valence-electron chi connectivity index (χ4n) is 1.51. The van der Waals surface area contributed by atoms with Gasteiger partial charge in [0.2, 0.25) is 0 Å². The minimum absolute atomic E-state index is 0.312. The van der Waals surface area contributed by atoms with Crippen molar-refractivity contribution in [2.24, 2.45) is 0 Å². The van der Waals surface area contributed by atoms with Crippen molar-refractivity contribution in [3.05, 3.63) is 6.20 Å². The fourth-order valence-corrected chi connectivity index (χ4v) is 2.27. The Labute approximate surface area is 111 Å². The highest BCUT2D eigenvalue weighted by Crippen LogP contribution is 2.37.